The van der Waals surface area contributed by atoms with Crippen LogP contribution < -0.4 is 5.32 Å². The van der Waals surface area contributed by atoms with Crippen LogP contribution in [-0.4, -0.2) is 19.7 Å². The molecule has 0 aliphatic carbocycles. The minimum absolute atomic E-state index is 0.636. The zero-order valence-corrected chi connectivity index (χ0v) is 12.2. The van der Waals surface area contributed by atoms with Crippen molar-refractivity contribution in [2.75, 3.05) is 5.32 Å². The third-order valence-corrected chi connectivity index (χ3v) is 3.71. The molecule has 3 heterocycles. The molecule has 0 fully saturated rings. The highest BCUT2D eigenvalue weighted by molar-refractivity contribution is 7.07. The van der Waals surface area contributed by atoms with Gasteiger partial charge in [0.25, 0.3) is 0 Å². The van der Waals surface area contributed by atoms with Crippen molar-refractivity contribution in [1.29, 1.82) is 0 Å². The van der Waals surface area contributed by atoms with Crippen LogP contribution in [0.4, 0.5) is 5.95 Å². The Balaban J connectivity index is 1.80. The van der Waals surface area contributed by atoms with Crippen molar-refractivity contribution in [3.8, 4) is 11.3 Å². The van der Waals surface area contributed by atoms with Crippen molar-refractivity contribution in [3.05, 3.63) is 46.5 Å². The van der Waals surface area contributed by atoms with E-state index in [4.69, 9.17) is 0 Å². The summed E-state index contributed by atoms with van der Waals surface area (Å²) in [7, 11) is 1.91. The van der Waals surface area contributed by atoms with Crippen LogP contribution in [0.15, 0.2) is 35.3 Å². The Morgan fingerprint density at radius 1 is 1.35 bits per heavy atom. The minimum Gasteiger partial charge on any atom is -0.350 e. The first-order valence-electron chi connectivity index (χ1n) is 6.31. The van der Waals surface area contributed by atoms with E-state index in [1.165, 1.54) is 5.56 Å². The largest absolute Gasteiger partial charge is 0.350 e. The normalized spacial score (nSPS) is 10.7. The molecular formula is C14H15N5S. The summed E-state index contributed by atoms with van der Waals surface area (Å²) in [5.74, 6) is 0.636. The highest BCUT2D eigenvalue weighted by Gasteiger charge is 2.08. The molecule has 0 amide bonds. The molecule has 0 aromatic carbocycles. The Labute approximate surface area is 121 Å². The molecule has 0 aliphatic heterocycles. The predicted molar refractivity (Wildman–Crippen MR) is 80.6 cm³/mol. The average Bonchev–Trinajstić information content (AvgIpc) is 3.06. The third-order valence-electron chi connectivity index (χ3n) is 2.98. The van der Waals surface area contributed by atoms with Crippen LogP contribution in [0.3, 0.4) is 0 Å². The summed E-state index contributed by atoms with van der Waals surface area (Å²) in [5.41, 5.74) is 4.13. The van der Waals surface area contributed by atoms with Gasteiger partial charge in [0, 0.05) is 31.5 Å². The van der Waals surface area contributed by atoms with Gasteiger partial charge in [0.05, 0.1) is 11.4 Å². The Hall–Kier alpha value is -2.21. The summed E-state index contributed by atoms with van der Waals surface area (Å²) in [4.78, 5) is 8.80. The van der Waals surface area contributed by atoms with Crippen LogP contribution in [0.2, 0.25) is 0 Å². The van der Waals surface area contributed by atoms with Gasteiger partial charge in [-0.15, -0.1) is 0 Å². The van der Waals surface area contributed by atoms with Gasteiger partial charge in [-0.05, 0) is 35.4 Å². The van der Waals surface area contributed by atoms with Gasteiger partial charge in [-0.25, -0.2) is 9.97 Å². The first kappa shape index (κ1) is 12.8. The Bertz CT molecular complexity index is 702. The molecule has 3 aromatic rings. The zero-order chi connectivity index (χ0) is 13.9. The Morgan fingerprint density at radius 3 is 2.95 bits per heavy atom. The topological polar surface area (TPSA) is 55.6 Å². The first-order valence-corrected chi connectivity index (χ1v) is 7.25. The van der Waals surface area contributed by atoms with E-state index >= 15 is 0 Å². The van der Waals surface area contributed by atoms with Gasteiger partial charge in [-0.2, -0.15) is 16.4 Å². The summed E-state index contributed by atoms with van der Waals surface area (Å²) in [6.45, 7) is 2.72. The maximum Gasteiger partial charge on any atom is 0.223 e. The average molecular weight is 285 g/mol. The van der Waals surface area contributed by atoms with Crippen LogP contribution in [0.1, 0.15) is 11.3 Å². The second-order valence-corrected chi connectivity index (χ2v) is 5.33. The van der Waals surface area contributed by atoms with Crippen molar-refractivity contribution >= 4 is 17.3 Å². The van der Waals surface area contributed by atoms with E-state index in [-0.39, 0.29) is 0 Å². The zero-order valence-electron chi connectivity index (χ0n) is 11.4. The number of rotatable bonds is 4. The van der Waals surface area contributed by atoms with Gasteiger partial charge >= 0.3 is 0 Å². The summed E-state index contributed by atoms with van der Waals surface area (Å²) in [6.07, 6.45) is 3.74. The molecule has 3 rings (SSSR count). The highest BCUT2D eigenvalue weighted by Crippen LogP contribution is 2.20. The van der Waals surface area contributed by atoms with Crippen LogP contribution in [0, 0.1) is 6.92 Å². The molecule has 0 saturated heterocycles. The molecule has 0 radical (unpaired) electrons. The number of aromatic nitrogens is 4. The van der Waals surface area contributed by atoms with Gasteiger partial charge in [0.1, 0.15) is 0 Å². The van der Waals surface area contributed by atoms with Gasteiger partial charge in [0.2, 0.25) is 5.95 Å². The van der Waals surface area contributed by atoms with E-state index in [1.54, 1.807) is 22.2 Å². The lowest BCUT2D eigenvalue weighted by Crippen LogP contribution is -2.03. The number of nitrogens with zero attached hydrogens (tertiary/aromatic N) is 4. The fraction of sp³-hybridized carbons (Fsp3) is 0.214. The maximum absolute atomic E-state index is 4.54. The number of aryl methyl sites for hydroxylation is 2. The quantitative estimate of drug-likeness (QED) is 0.801. The Kier molecular flexibility index (Phi) is 3.47. The molecule has 1 N–H and O–H groups in total. The molecule has 0 unspecified atom stereocenters. The van der Waals surface area contributed by atoms with E-state index in [2.05, 4.69) is 37.2 Å². The van der Waals surface area contributed by atoms with Gasteiger partial charge in [-0.3, -0.25) is 4.68 Å². The fourth-order valence-electron chi connectivity index (χ4n) is 2.02. The smallest absolute Gasteiger partial charge is 0.223 e. The highest BCUT2D eigenvalue weighted by atomic mass is 32.1. The lowest BCUT2D eigenvalue weighted by molar-refractivity contribution is 0.756. The number of hydrogen-bond acceptors (Lipinski definition) is 5. The van der Waals surface area contributed by atoms with Crippen LogP contribution >= 0.6 is 11.3 Å². The van der Waals surface area contributed by atoms with Crippen LogP contribution in [0.5, 0.6) is 0 Å². The monoisotopic (exact) mass is 285 g/mol. The van der Waals surface area contributed by atoms with E-state index < -0.39 is 0 Å². The second-order valence-electron chi connectivity index (χ2n) is 4.55. The third kappa shape index (κ3) is 2.70. The number of thiophene rings is 1. The van der Waals surface area contributed by atoms with Crippen molar-refractivity contribution in [2.45, 2.75) is 13.5 Å². The van der Waals surface area contributed by atoms with Crippen molar-refractivity contribution in [1.82, 2.24) is 19.7 Å². The van der Waals surface area contributed by atoms with Crippen LogP contribution in [-0.2, 0) is 13.6 Å². The molecule has 0 bridgehead atoms. The molecule has 0 saturated carbocycles. The minimum atomic E-state index is 0.636. The van der Waals surface area contributed by atoms with Crippen molar-refractivity contribution in [2.24, 2.45) is 7.05 Å². The van der Waals surface area contributed by atoms with E-state index in [0.717, 1.165) is 23.5 Å². The van der Waals surface area contributed by atoms with E-state index in [0.29, 0.717) is 5.95 Å². The fourth-order valence-corrected chi connectivity index (χ4v) is 2.69. The lowest BCUT2D eigenvalue weighted by atomic mass is 10.2. The summed E-state index contributed by atoms with van der Waals surface area (Å²) < 4.78 is 1.80. The van der Waals surface area contributed by atoms with Gasteiger partial charge in [-0.1, -0.05) is 0 Å². The first-order chi connectivity index (χ1) is 9.72. The summed E-state index contributed by atoms with van der Waals surface area (Å²) in [5, 5.41) is 11.8. The molecule has 0 aliphatic rings. The predicted octanol–water partition coefficient (Wildman–Crippen LogP) is 2.86. The number of nitrogens with one attached hydrogen (secondary N) is 1. The van der Waals surface area contributed by atoms with E-state index in [1.807, 2.05) is 26.2 Å². The molecule has 3 aromatic heterocycles. The molecule has 6 heteroatoms. The van der Waals surface area contributed by atoms with Crippen LogP contribution in [0.25, 0.3) is 11.3 Å². The molecule has 102 valence electrons. The van der Waals surface area contributed by atoms with Crippen molar-refractivity contribution < 1.29 is 0 Å². The lowest BCUT2D eigenvalue weighted by Gasteiger charge is -2.05. The number of hydrogen-bond donors (Lipinski definition) is 1. The van der Waals surface area contributed by atoms with Crippen molar-refractivity contribution in [3.63, 3.8) is 0 Å². The second kappa shape index (κ2) is 5.42. The maximum atomic E-state index is 4.54. The molecule has 0 atom stereocenters. The molecular weight excluding hydrogens is 270 g/mol. The van der Waals surface area contributed by atoms with Gasteiger partial charge in [0.15, 0.2) is 0 Å². The standard InChI is InChI=1S/C14H15N5S/c1-10-12(8-19(2)18-10)13-3-5-15-14(17-13)16-7-11-4-6-20-9-11/h3-6,8-9H,7H2,1-2H3,(H,15,16,17). The van der Waals surface area contributed by atoms with E-state index in [9.17, 15) is 0 Å². The number of anilines is 1. The molecule has 0 spiro atoms. The summed E-state index contributed by atoms with van der Waals surface area (Å²) >= 11 is 1.69. The SMILES string of the molecule is Cc1nn(C)cc1-c1ccnc(NCc2ccsc2)n1. The Morgan fingerprint density at radius 2 is 2.25 bits per heavy atom. The molecule has 5 nitrogen and oxygen atoms in total. The summed E-state index contributed by atoms with van der Waals surface area (Å²) in [6, 6.07) is 3.99. The molecule has 20 heavy (non-hydrogen) atoms. The van der Waals surface area contributed by atoms with Gasteiger partial charge < -0.3 is 5.32 Å².